The summed E-state index contributed by atoms with van der Waals surface area (Å²) >= 11 is 0. The maximum atomic E-state index is 6.69. The third kappa shape index (κ3) is 11.1. The van der Waals surface area contributed by atoms with Crippen LogP contribution in [0.5, 0.6) is 34.5 Å². The Morgan fingerprint density at radius 3 is 0.809 bits per heavy atom. The van der Waals surface area contributed by atoms with Crippen molar-refractivity contribution in [1.82, 2.24) is 0 Å². The molecule has 0 bridgehead atoms. The first-order valence-electron chi connectivity index (χ1n) is 30.4. The van der Waals surface area contributed by atoms with Gasteiger partial charge in [-0.05, 0) is 158 Å². The van der Waals surface area contributed by atoms with Gasteiger partial charge < -0.3 is 28.4 Å². The number of rotatable bonds is 20. The maximum Gasteiger partial charge on any atom is 0.123 e. The van der Waals surface area contributed by atoms with Crippen molar-refractivity contribution in [3.05, 3.63) is 359 Å². The molecule has 0 aliphatic heterocycles. The Bertz CT molecular complexity index is 4340. The van der Waals surface area contributed by atoms with Crippen LogP contribution >= 0.6 is 0 Å². The van der Waals surface area contributed by atoms with E-state index in [1.807, 2.05) is 12.1 Å². The van der Waals surface area contributed by atoms with Crippen molar-refractivity contribution in [3.8, 4) is 45.6 Å². The summed E-state index contributed by atoms with van der Waals surface area (Å²) in [6.45, 7) is 2.22. The van der Waals surface area contributed by atoms with Gasteiger partial charge in [0.15, 0.2) is 0 Å². The Morgan fingerprint density at radius 1 is 0.213 bits per heavy atom. The average molecular weight is 1160 g/mol. The highest BCUT2D eigenvalue weighted by atomic mass is 16.5. The van der Waals surface area contributed by atoms with Crippen LogP contribution in [0.15, 0.2) is 303 Å². The highest BCUT2D eigenvalue weighted by molar-refractivity contribution is 5.89. The predicted octanol–water partition coefficient (Wildman–Crippen LogP) is 20.1. The summed E-state index contributed by atoms with van der Waals surface area (Å²) in [6, 6.07) is 106. The highest BCUT2D eigenvalue weighted by Gasteiger charge is 2.46. The minimum atomic E-state index is -0.637. The maximum absolute atomic E-state index is 6.69. The van der Waals surface area contributed by atoms with E-state index in [1.165, 1.54) is 65.3 Å². The number of ether oxygens (including phenoxy) is 6. The molecule has 0 N–H and O–H groups in total. The summed E-state index contributed by atoms with van der Waals surface area (Å²) in [4.78, 5) is 0. The van der Waals surface area contributed by atoms with Gasteiger partial charge in [-0.1, -0.05) is 243 Å². The van der Waals surface area contributed by atoms with Gasteiger partial charge in [-0.15, -0.1) is 0 Å². The fourth-order valence-corrected chi connectivity index (χ4v) is 13.0. The van der Waals surface area contributed by atoms with E-state index in [0.29, 0.717) is 62.6 Å². The molecular weight excluding hydrogens is 1090 g/mol. The first-order chi connectivity index (χ1) is 44.1. The zero-order valence-corrected chi connectivity index (χ0v) is 49.1. The van der Waals surface area contributed by atoms with Crippen LogP contribution in [0.4, 0.5) is 0 Å². The van der Waals surface area contributed by atoms with Crippen molar-refractivity contribution in [2.45, 2.75) is 45.1 Å². The molecule has 0 radical (unpaired) electrons. The van der Waals surface area contributed by atoms with E-state index in [1.54, 1.807) is 0 Å². The molecule has 0 spiro atoms. The molecule has 0 fully saturated rings. The number of benzene rings is 14. The second-order valence-corrected chi connectivity index (χ2v) is 22.8. The van der Waals surface area contributed by atoms with E-state index in [2.05, 4.69) is 291 Å². The molecule has 0 saturated heterocycles. The summed E-state index contributed by atoms with van der Waals surface area (Å²) in [5, 5.41) is 9.41. The van der Waals surface area contributed by atoms with E-state index in [-0.39, 0.29) is 0 Å². The molecule has 0 amide bonds. The van der Waals surface area contributed by atoms with Gasteiger partial charge in [0.05, 0.1) is 5.41 Å². The first-order valence-corrected chi connectivity index (χ1v) is 30.4. The third-order valence-corrected chi connectivity index (χ3v) is 17.3. The highest BCUT2D eigenvalue weighted by Crippen LogP contribution is 2.56. The quantitative estimate of drug-likeness (QED) is 0.0758. The molecule has 0 unspecified atom stereocenters. The van der Waals surface area contributed by atoms with E-state index >= 15 is 0 Å². The van der Waals surface area contributed by atoms with Gasteiger partial charge in [0.25, 0.3) is 0 Å². The van der Waals surface area contributed by atoms with Crippen molar-refractivity contribution in [2.24, 2.45) is 0 Å². The molecule has 14 aromatic rings. The van der Waals surface area contributed by atoms with Crippen molar-refractivity contribution in [3.63, 3.8) is 0 Å². The lowest BCUT2D eigenvalue weighted by Crippen LogP contribution is -2.28. The van der Waals surface area contributed by atoms with Crippen LogP contribution < -0.4 is 28.4 Å². The van der Waals surface area contributed by atoms with Crippen LogP contribution in [0, 0.1) is 0 Å². The lowest BCUT2D eigenvalue weighted by Gasteiger charge is -2.34. The van der Waals surface area contributed by atoms with Crippen LogP contribution in [0.1, 0.15) is 55.6 Å². The fraction of sp³-hybridized carbons (Fsp3) is 0.0843. The monoisotopic (exact) mass is 1150 g/mol. The zero-order valence-electron chi connectivity index (χ0n) is 49.1. The molecule has 6 nitrogen and oxygen atoms in total. The Hall–Kier alpha value is -11.1. The van der Waals surface area contributed by atoms with Crippen LogP contribution in [-0.2, 0) is 45.1 Å². The fourth-order valence-electron chi connectivity index (χ4n) is 13.0. The molecule has 0 saturated carbocycles. The van der Waals surface area contributed by atoms with Crippen LogP contribution in [-0.4, -0.2) is 0 Å². The molecule has 0 heterocycles. The van der Waals surface area contributed by atoms with Crippen molar-refractivity contribution in [1.29, 1.82) is 0 Å². The Balaban J connectivity index is 0.698. The molecule has 430 valence electrons. The smallest absolute Gasteiger partial charge is 0.123 e. The molecule has 14 aromatic carbocycles. The van der Waals surface area contributed by atoms with E-state index < -0.39 is 5.41 Å². The van der Waals surface area contributed by atoms with Crippen LogP contribution in [0.25, 0.3) is 54.2 Å². The molecule has 1 aliphatic rings. The van der Waals surface area contributed by atoms with E-state index in [4.69, 9.17) is 28.4 Å². The van der Waals surface area contributed by atoms with E-state index in [0.717, 1.165) is 56.0 Å². The standard InChI is InChI=1S/C83H62O6/c1-5-29-75-59(17-1)21-13-25-63(75)53-86-71-45-57(46-72(49-71)87-54-64-26-14-22-60-18-2-6-30-76(60)64)51-84-69-41-37-67(38-42-69)83(81-35-11-9-33-79(81)80-34-10-12-36-82(80)83)68-39-43-70(44-40-68)85-52-58-47-73(88-55-65-27-15-23-61-19-3-7-31-77(61)65)50-74(48-58)89-56-66-28-16-24-62-20-4-8-32-78(62)66/h1-50H,51-56H2. The average Bonchev–Trinajstić information content (AvgIpc) is 1.57. The molecule has 1 aliphatic carbocycles. The van der Waals surface area contributed by atoms with Gasteiger partial charge in [-0.25, -0.2) is 0 Å². The number of hydrogen-bond donors (Lipinski definition) is 0. The number of fused-ring (bicyclic) bond motifs is 7. The SMILES string of the molecule is c1ccc2c(c1)-c1ccccc1C2(c1ccc(OCc2cc(OCc3cccc4ccccc34)cc(OCc3cccc4ccccc34)c2)cc1)c1ccc(OCc2cc(OCc3cccc4ccccc34)cc(OCc3cccc4ccccc34)c2)cc1. The summed E-state index contributed by atoms with van der Waals surface area (Å²) in [5.74, 6) is 4.32. The molecule has 6 heteroatoms. The summed E-state index contributed by atoms with van der Waals surface area (Å²) in [7, 11) is 0. The minimum absolute atomic E-state index is 0.301. The Labute approximate surface area is 518 Å². The molecule has 0 atom stereocenters. The summed E-state index contributed by atoms with van der Waals surface area (Å²) < 4.78 is 39.8. The van der Waals surface area contributed by atoms with Crippen LogP contribution in [0.3, 0.4) is 0 Å². The van der Waals surface area contributed by atoms with Gasteiger partial charge in [-0.3, -0.25) is 0 Å². The lowest BCUT2D eigenvalue weighted by molar-refractivity contribution is 0.282. The Morgan fingerprint density at radius 2 is 0.483 bits per heavy atom. The molecule has 0 aromatic heterocycles. The first kappa shape index (κ1) is 54.6. The third-order valence-electron chi connectivity index (χ3n) is 17.3. The van der Waals surface area contributed by atoms with Gasteiger partial charge >= 0.3 is 0 Å². The van der Waals surface area contributed by atoms with Crippen molar-refractivity contribution < 1.29 is 28.4 Å². The van der Waals surface area contributed by atoms with Gasteiger partial charge in [0.1, 0.15) is 74.1 Å². The van der Waals surface area contributed by atoms with Crippen molar-refractivity contribution >= 4 is 43.1 Å². The molecule has 89 heavy (non-hydrogen) atoms. The zero-order chi connectivity index (χ0) is 59.4. The number of hydrogen-bond acceptors (Lipinski definition) is 6. The second kappa shape index (κ2) is 24.4. The Kier molecular flexibility index (Phi) is 14.9. The van der Waals surface area contributed by atoms with Gasteiger partial charge in [0, 0.05) is 12.1 Å². The van der Waals surface area contributed by atoms with Crippen LogP contribution in [0.2, 0.25) is 0 Å². The molecule has 15 rings (SSSR count). The summed E-state index contributed by atoms with van der Waals surface area (Å²) in [6.07, 6.45) is 0. The normalized spacial score (nSPS) is 12.2. The minimum Gasteiger partial charge on any atom is -0.489 e. The van der Waals surface area contributed by atoms with Crippen molar-refractivity contribution in [2.75, 3.05) is 0 Å². The second-order valence-electron chi connectivity index (χ2n) is 22.8. The lowest BCUT2D eigenvalue weighted by atomic mass is 9.68. The van der Waals surface area contributed by atoms with E-state index in [9.17, 15) is 0 Å². The van der Waals surface area contributed by atoms with Gasteiger partial charge in [-0.2, -0.15) is 0 Å². The molecular formula is C83H62O6. The topological polar surface area (TPSA) is 55.4 Å². The summed E-state index contributed by atoms with van der Waals surface area (Å²) in [5.41, 5.74) is 12.8. The van der Waals surface area contributed by atoms with Gasteiger partial charge in [0.2, 0.25) is 0 Å². The largest absolute Gasteiger partial charge is 0.489 e. The predicted molar refractivity (Wildman–Crippen MR) is 358 cm³/mol.